The van der Waals surface area contributed by atoms with Crippen molar-refractivity contribution in [2.45, 2.75) is 19.5 Å². The van der Waals surface area contributed by atoms with Crippen molar-refractivity contribution < 1.29 is 14.3 Å². The van der Waals surface area contributed by atoms with E-state index in [9.17, 15) is 9.59 Å². The third kappa shape index (κ3) is 4.33. The van der Waals surface area contributed by atoms with Crippen molar-refractivity contribution in [3.05, 3.63) is 52.2 Å². The molecular formula is C16H18N2O3S. The molecule has 6 heteroatoms. The van der Waals surface area contributed by atoms with E-state index in [1.54, 1.807) is 26.2 Å². The molecule has 1 heterocycles. The molecule has 0 aliphatic rings. The van der Waals surface area contributed by atoms with Crippen molar-refractivity contribution in [3.63, 3.8) is 0 Å². The molecule has 2 N–H and O–H groups in total. The fourth-order valence-electron chi connectivity index (χ4n) is 1.83. The van der Waals surface area contributed by atoms with Crippen LogP contribution < -0.4 is 15.4 Å². The number of hydrogen-bond donors (Lipinski definition) is 2. The first-order valence-corrected chi connectivity index (χ1v) is 7.73. The molecule has 0 bridgehead atoms. The van der Waals surface area contributed by atoms with Crippen LogP contribution in [0.4, 0.5) is 0 Å². The summed E-state index contributed by atoms with van der Waals surface area (Å²) in [7, 11) is 1.61. The van der Waals surface area contributed by atoms with Gasteiger partial charge in [-0.25, -0.2) is 0 Å². The number of methoxy groups -OCH3 is 1. The molecule has 1 aromatic carbocycles. The van der Waals surface area contributed by atoms with Gasteiger partial charge in [0, 0.05) is 6.54 Å². The number of benzene rings is 1. The van der Waals surface area contributed by atoms with Crippen LogP contribution in [0, 0.1) is 0 Å². The maximum Gasteiger partial charge on any atom is 0.261 e. The van der Waals surface area contributed by atoms with E-state index in [0.717, 1.165) is 11.3 Å². The minimum absolute atomic E-state index is 0.222. The van der Waals surface area contributed by atoms with E-state index in [4.69, 9.17) is 4.74 Å². The molecule has 5 nitrogen and oxygen atoms in total. The second kappa shape index (κ2) is 7.61. The Kier molecular flexibility index (Phi) is 5.55. The highest BCUT2D eigenvalue weighted by Crippen LogP contribution is 2.11. The molecular weight excluding hydrogens is 300 g/mol. The zero-order chi connectivity index (χ0) is 15.9. The Morgan fingerprint density at radius 1 is 1.23 bits per heavy atom. The molecule has 0 aliphatic carbocycles. The number of ether oxygens (including phenoxy) is 1. The highest BCUT2D eigenvalue weighted by Gasteiger charge is 2.16. The van der Waals surface area contributed by atoms with Crippen LogP contribution in [-0.2, 0) is 11.3 Å². The first-order valence-electron chi connectivity index (χ1n) is 6.85. The molecule has 0 radical (unpaired) electrons. The standard InChI is InChI=1S/C16H18N2O3S/c1-11(18-16(20)14-4-3-9-22-14)15(19)17-10-12-5-7-13(21-2)8-6-12/h3-9,11H,10H2,1-2H3,(H,17,19)(H,18,20). The van der Waals surface area contributed by atoms with E-state index in [1.165, 1.54) is 11.3 Å². The van der Waals surface area contributed by atoms with Crippen LogP contribution in [0.1, 0.15) is 22.2 Å². The van der Waals surface area contributed by atoms with Crippen molar-refractivity contribution in [1.82, 2.24) is 10.6 Å². The third-order valence-corrected chi connectivity index (χ3v) is 3.98. The summed E-state index contributed by atoms with van der Waals surface area (Å²) in [6, 6.07) is 10.4. The van der Waals surface area contributed by atoms with Crippen LogP contribution in [0.5, 0.6) is 5.75 Å². The lowest BCUT2D eigenvalue weighted by Gasteiger charge is -2.13. The molecule has 0 fully saturated rings. The maximum atomic E-state index is 12.0. The molecule has 0 saturated carbocycles. The Labute approximate surface area is 133 Å². The van der Waals surface area contributed by atoms with Crippen LogP contribution in [-0.4, -0.2) is 25.0 Å². The summed E-state index contributed by atoms with van der Waals surface area (Å²) in [6.07, 6.45) is 0. The molecule has 1 unspecified atom stereocenters. The zero-order valence-corrected chi connectivity index (χ0v) is 13.3. The largest absolute Gasteiger partial charge is 0.497 e. The number of nitrogens with one attached hydrogen (secondary N) is 2. The SMILES string of the molecule is COc1ccc(CNC(=O)C(C)NC(=O)c2cccs2)cc1. The predicted molar refractivity (Wildman–Crippen MR) is 86.1 cm³/mol. The van der Waals surface area contributed by atoms with Crippen molar-refractivity contribution >= 4 is 23.2 Å². The summed E-state index contributed by atoms with van der Waals surface area (Å²) >= 11 is 1.34. The molecule has 22 heavy (non-hydrogen) atoms. The monoisotopic (exact) mass is 318 g/mol. The Morgan fingerprint density at radius 2 is 1.95 bits per heavy atom. The summed E-state index contributed by atoms with van der Waals surface area (Å²) in [6.45, 7) is 2.07. The van der Waals surface area contributed by atoms with Gasteiger partial charge in [-0.15, -0.1) is 11.3 Å². The van der Waals surface area contributed by atoms with Crippen LogP contribution >= 0.6 is 11.3 Å². The fraction of sp³-hybridized carbons (Fsp3) is 0.250. The summed E-state index contributed by atoms with van der Waals surface area (Å²) in [5.41, 5.74) is 0.964. The smallest absolute Gasteiger partial charge is 0.261 e. The van der Waals surface area contributed by atoms with Crippen molar-refractivity contribution in [2.24, 2.45) is 0 Å². The number of carbonyl (C=O) groups excluding carboxylic acids is 2. The fourth-order valence-corrected chi connectivity index (χ4v) is 2.45. The molecule has 0 aliphatic heterocycles. The van der Waals surface area contributed by atoms with Crippen LogP contribution in [0.2, 0.25) is 0 Å². The van der Waals surface area contributed by atoms with Crippen molar-refractivity contribution in [3.8, 4) is 5.75 Å². The topological polar surface area (TPSA) is 67.4 Å². The summed E-state index contributed by atoms with van der Waals surface area (Å²) in [4.78, 5) is 24.5. The van der Waals surface area contributed by atoms with Gasteiger partial charge in [0.15, 0.2) is 0 Å². The van der Waals surface area contributed by atoms with Gasteiger partial charge >= 0.3 is 0 Å². The minimum atomic E-state index is -0.590. The third-order valence-electron chi connectivity index (χ3n) is 3.11. The van der Waals surface area contributed by atoms with Crippen molar-refractivity contribution in [1.29, 1.82) is 0 Å². The average molecular weight is 318 g/mol. The Balaban J connectivity index is 1.82. The van der Waals surface area contributed by atoms with Gasteiger partial charge in [0.1, 0.15) is 11.8 Å². The normalized spacial score (nSPS) is 11.5. The van der Waals surface area contributed by atoms with Gasteiger partial charge < -0.3 is 15.4 Å². The highest BCUT2D eigenvalue weighted by atomic mass is 32.1. The Morgan fingerprint density at radius 3 is 2.55 bits per heavy atom. The Bertz CT molecular complexity index is 623. The van der Waals surface area contributed by atoms with Gasteiger partial charge in [0.2, 0.25) is 5.91 Å². The van der Waals surface area contributed by atoms with Gasteiger partial charge in [0.25, 0.3) is 5.91 Å². The van der Waals surface area contributed by atoms with Gasteiger partial charge in [-0.2, -0.15) is 0 Å². The first-order chi connectivity index (χ1) is 10.6. The van der Waals surface area contributed by atoms with Gasteiger partial charge in [-0.05, 0) is 36.1 Å². The maximum absolute atomic E-state index is 12.0. The molecule has 1 aromatic heterocycles. The predicted octanol–water partition coefficient (Wildman–Crippen LogP) is 2.19. The number of carbonyl (C=O) groups is 2. The van der Waals surface area contributed by atoms with E-state index in [1.807, 2.05) is 29.6 Å². The molecule has 2 rings (SSSR count). The van der Waals surface area contributed by atoms with E-state index >= 15 is 0 Å². The average Bonchev–Trinajstić information content (AvgIpc) is 3.07. The van der Waals surface area contributed by atoms with Crippen LogP contribution in [0.3, 0.4) is 0 Å². The van der Waals surface area contributed by atoms with Crippen LogP contribution in [0.25, 0.3) is 0 Å². The van der Waals surface area contributed by atoms with Crippen LogP contribution in [0.15, 0.2) is 41.8 Å². The summed E-state index contributed by atoms with van der Waals surface area (Å²) in [5.74, 6) is 0.314. The summed E-state index contributed by atoms with van der Waals surface area (Å²) in [5, 5.41) is 7.29. The molecule has 116 valence electrons. The van der Waals surface area contributed by atoms with E-state index in [2.05, 4.69) is 10.6 Å². The first kappa shape index (κ1) is 16.0. The zero-order valence-electron chi connectivity index (χ0n) is 12.5. The number of thiophene rings is 1. The van der Waals surface area contributed by atoms with Gasteiger partial charge in [-0.3, -0.25) is 9.59 Å². The molecule has 1 atom stereocenters. The molecule has 2 aromatic rings. The second-order valence-electron chi connectivity index (χ2n) is 4.74. The second-order valence-corrected chi connectivity index (χ2v) is 5.69. The summed E-state index contributed by atoms with van der Waals surface area (Å²) < 4.78 is 5.08. The number of hydrogen-bond acceptors (Lipinski definition) is 4. The molecule has 2 amide bonds. The minimum Gasteiger partial charge on any atom is -0.497 e. The molecule has 0 saturated heterocycles. The van der Waals surface area contributed by atoms with Gasteiger partial charge in [0.05, 0.1) is 12.0 Å². The van der Waals surface area contributed by atoms with Gasteiger partial charge in [-0.1, -0.05) is 18.2 Å². The van der Waals surface area contributed by atoms with E-state index < -0.39 is 6.04 Å². The quantitative estimate of drug-likeness (QED) is 0.858. The number of amides is 2. The van der Waals surface area contributed by atoms with E-state index in [0.29, 0.717) is 11.4 Å². The lowest BCUT2D eigenvalue weighted by molar-refractivity contribution is -0.122. The Hall–Kier alpha value is -2.34. The van der Waals surface area contributed by atoms with E-state index in [-0.39, 0.29) is 11.8 Å². The number of rotatable bonds is 6. The van der Waals surface area contributed by atoms with Crippen molar-refractivity contribution in [2.75, 3.05) is 7.11 Å². The molecule has 0 spiro atoms. The highest BCUT2D eigenvalue weighted by molar-refractivity contribution is 7.12. The lowest BCUT2D eigenvalue weighted by Crippen LogP contribution is -2.44. The lowest BCUT2D eigenvalue weighted by atomic mass is 10.2.